The van der Waals surface area contributed by atoms with E-state index in [0.29, 0.717) is 6.04 Å². The minimum atomic E-state index is -0.166. The largest absolute Gasteiger partial charge is 0.393 e. The van der Waals surface area contributed by atoms with Gasteiger partial charge >= 0.3 is 0 Å². The average Bonchev–Trinajstić information content (AvgIpc) is 2.47. The van der Waals surface area contributed by atoms with E-state index in [1.54, 1.807) is 0 Å². The van der Waals surface area contributed by atoms with Crippen LogP contribution < -0.4 is 5.32 Å². The standard InChI is InChI=1S/C12H25NO/c1-4-11-5-6-12(10(11)3)13-8-7-9(2)14/h9-14H,4-8H2,1-3H3. The molecule has 0 spiro atoms. The van der Waals surface area contributed by atoms with Crippen LogP contribution in [0.15, 0.2) is 0 Å². The van der Waals surface area contributed by atoms with Crippen LogP contribution in [0.2, 0.25) is 0 Å². The Morgan fingerprint density at radius 1 is 1.43 bits per heavy atom. The van der Waals surface area contributed by atoms with E-state index in [-0.39, 0.29) is 6.10 Å². The van der Waals surface area contributed by atoms with Gasteiger partial charge in [-0.15, -0.1) is 0 Å². The molecule has 0 aromatic heterocycles. The molecule has 4 atom stereocenters. The monoisotopic (exact) mass is 199 g/mol. The van der Waals surface area contributed by atoms with E-state index in [0.717, 1.165) is 24.8 Å². The summed E-state index contributed by atoms with van der Waals surface area (Å²) in [6, 6.07) is 0.693. The predicted molar refractivity (Wildman–Crippen MR) is 60.3 cm³/mol. The normalized spacial score (nSPS) is 34.7. The third-order valence-corrected chi connectivity index (χ3v) is 3.72. The lowest BCUT2D eigenvalue weighted by Gasteiger charge is -2.21. The van der Waals surface area contributed by atoms with Crippen LogP contribution in [-0.2, 0) is 0 Å². The zero-order valence-electron chi connectivity index (χ0n) is 9.79. The Labute approximate surface area is 88.1 Å². The summed E-state index contributed by atoms with van der Waals surface area (Å²) in [6.07, 6.45) is 4.72. The van der Waals surface area contributed by atoms with Gasteiger partial charge in [0.05, 0.1) is 6.10 Å². The molecule has 0 amide bonds. The molecule has 0 bridgehead atoms. The van der Waals surface area contributed by atoms with E-state index in [1.165, 1.54) is 19.3 Å². The van der Waals surface area contributed by atoms with E-state index in [2.05, 4.69) is 19.2 Å². The molecule has 1 saturated carbocycles. The van der Waals surface area contributed by atoms with Crippen molar-refractivity contribution >= 4 is 0 Å². The van der Waals surface area contributed by atoms with Crippen LogP contribution in [0.1, 0.15) is 46.5 Å². The highest BCUT2D eigenvalue weighted by molar-refractivity contribution is 4.86. The highest BCUT2D eigenvalue weighted by atomic mass is 16.3. The van der Waals surface area contributed by atoms with Gasteiger partial charge < -0.3 is 10.4 Å². The number of nitrogens with one attached hydrogen (secondary N) is 1. The molecule has 2 heteroatoms. The van der Waals surface area contributed by atoms with Gasteiger partial charge in [0.2, 0.25) is 0 Å². The summed E-state index contributed by atoms with van der Waals surface area (Å²) in [4.78, 5) is 0. The Morgan fingerprint density at radius 2 is 2.14 bits per heavy atom. The zero-order chi connectivity index (χ0) is 10.6. The van der Waals surface area contributed by atoms with Gasteiger partial charge in [0.1, 0.15) is 0 Å². The average molecular weight is 199 g/mol. The molecular weight excluding hydrogens is 174 g/mol. The second-order valence-electron chi connectivity index (χ2n) is 4.80. The molecule has 0 aromatic carbocycles. The number of rotatable bonds is 5. The number of hydrogen-bond acceptors (Lipinski definition) is 2. The molecule has 0 saturated heterocycles. The van der Waals surface area contributed by atoms with Gasteiger partial charge in [0, 0.05) is 6.04 Å². The van der Waals surface area contributed by atoms with E-state index in [1.807, 2.05) is 6.92 Å². The second-order valence-corrected chi connectivity index (χ2v) is 4.80. The highest BCUT2D eigenvalue weighted by Crippen LogP contribution is 2.33. The third kappa shape index (κ3) is 3.25. The second kappa shape index (κ2) is 5.72. The summed E-state index contributed by atoms with van der Waals surface area (Å²) in [7, 11) is 0. The number of aliphatic hydroxyl groups excluding tert-OH is 1. The van der Waals surface area contributed by atoms with Crippen molar-refractivity contribution in [1.82, 2.24) is 5.32 Å². The van der Waals surface area contributed by atoms with Gasteiger partial charge in [-0.25, -0.2) is 0 Å². The van der Waals surface area contributed by atoms with Gasteiger partial charge in [-0.2, -0.15) is 0 Å². The van der Waals surface area contributed by atoms with Crippen LogP contribution in [0, 0.1) is 11.8 Å². The molecule has 14 heavy (non-hydrogen) atoms. The van der Waals surface area contributed by atoms with Crippen LogP contribution in [0.3, 0.4) is 0 Å². The summed E-state index contributed by atoms with van der Waals surface area (Å²) in [5.41, 5.74) is 0. The molecular formula is C12H25NO. The quantitative estimate of drug-likeness (QED) is 0.711. The predicted octanol–water partition coefficient (Wildman–Crippen LogP) is 2.17. The molecule has 0 radical (unpaired) electrons. The Bertz CT molecular complexity index is 158. The Balaban J connectivity index is 2.19. The molecule has 0 heterocycles. The van der Waals surface area contributed by atoms with Crippen molar-refractivity contribution in [2.24, 2.45) is 11.8 Å². The van der Waals surface area contributed by atoms with Crippen molar-refractivity contribution in [3.63, 3.8) is 0 Å². The fourth-order valence-corrected chi connectivity index (χ4v) is 2.59. The van der Waals surface area contributed by atoms with Crippen molar-refractivity contribution in [3.05, 3.63) is 0 Å². The molecule has 1 fully saturated rings. The molecule has 0 aromatic rings. The molecule has 2 nitrogen and oxygen atoms in total. The summed E-state index contributed by atoms with van der Waals surface area (Å²) >= 11 is 0. The Kier molecular flexibility index (Phi) is 4.90. The first kappa shape index (κ1) is 12.0. The highest BCUT2D eigenvalue weighted by Gasteiger charge is 2.30. The summed E-state index contributed by atoms with van der Waals surface area (Å²) in [6.45, 7) is 7.47. The van der Waals surface area contributed by atoms with E-state index in [9.17, 15) is 0 Å². The van der Waals surface area contributed by atoms with Gasteiger partial charge in [-0.3, -0.25) is 0 Å². The number of hydrogen-bond donors (Lipinski definition) is 2. The van der Waals surface area contributed by atoms with Crippen LogP contribution in [0.4, 0.5) is 0 Å². The van der Waals surface area contributed by atoms with Crippen LogP contribution in [0.5, 0.6) is 0 Å². The van der Waals surface area contributed by atoms with Crippen molar-refractivity contribution < 1.29 is 5.11 Å². The topological polar surface area (TPSA) is 32.3 Å². The fraction of sp³-hybridized carbons (Fsp3) is 1.00. The Morgan fingerprint density at radius 3 is 2.64 bits per heavy atom. The maximum absolute atomic E-state index is 9.15. The van der Waals surface area contributed by atoms with E-state index >= 15 is 0 Å². The smallest absolute Gasteiger partial charge is 0.0524 e. The van der Waals surface area contributed by atoms with E-state index < -0.39 is 0 Å². The molecule has 0 aliphatic heterocycles. The molecule has 2 N–H and O–H groups in total. The lowest BCUT2D eigenvalue weighted by Crippen LogP contribution is -2.34. The summed E-state index contributed by atoms with van der Waals surface area (Å²) < 4.78 is 0. The molecule has 1 rings (SSSR count). The van der Waals surface area contributed by atoms with Crippen molar-refractivity contribution in [3.8, 4) is 0 Å². The lowest BCUT2D eigenvalue weighted by molar-refractivity contribution is 0.180. The first-order chi connectivity index (χ1) is 6.65. The third-order valence-electron chi connectivity index (χ3n) is 3.72. The summed E-state index contributed by atoms with van der Waals surface area (Å²) in [5, 5.41) is 12.7. The van der Waals surface area contributed by atoms with Gasteiger partial charge in [0.25, 0.3) is 0 Å². The van der Waals surface area contributed by atoms with Gasteiger partial charge in [0.15, 0.2) is 0 Å². The fourth-order valence-electron chi connectivity index (χ4n) is 2.59. The van der Waals surface area contributed by atoms with Crippen molar-refractivity contribution in [2.75, 3.05) is 6.54 Å². The Hall–Kier alpha value is -0.0800. The van der Waals surface area contributed by atoms with E-state index in [4.69, 9.17) is 5.11 Å². The lowest BCUT2D eigenvalue weighted by atomic mass is 9.93. The van der Waals surface area contributed by atoms with Crippen LogP contribution >= 0.6 is 0 Å². The summed E-state index contributed by atoms with van der Waals surface area (Å²) in [5.74, 6) is 1.73. The van der Waals surface area contributed by atoms with Crippen LogP contribution in [0.25, 0.3) is 0 Å². The van der Waals surface area contributed by atoms with Crippen molar-refractivity contribution in [1.29, 1.82) is 0 Å². The first-order valence-electron chi connectivity index (χ1n) is 6.06. The molecule has 84 valence electrons. The maximum atomic E-state index is 9.15. The molecule has 1 aliphatic carbocycles. The number of aliphatic hydroxyl groups is 1. The van der Waals surface area contributed by atoms with Gasteiger partial charge in [-0.05, 0) is 44.6 Å². The zero-order valence-corrected chi connectivity index (χ0v) is 9.79. The van der Waals surface area contributed by atoms with Crippen LogP contribution in [-0.4, -0.2) is 23.8 Å². The SMILES string of the molecule is CCC1CCC(NCCC(C)O)C1C. The van der Waals surface area contributed by atoms with Crippen molar-refractivity contribution in [2.45, 2.75) is 58.6 Å². The van der Waals surface area contributed by atoms with Gasteiger partial charge in [-0.1, -0.05) is 20.3 Å². The molecule has 1 aliphatic rings. The minimum Gasteiger partial charge on any atom is -0.393 e. The first-order valence-corrected chi connectivity index (χ1v) is 6.06. The molecule has 4 unspecified atom stereocenters. The minimum absolute atomic E-state index is 0.166. The maximum Gasteiger partial charge on any atom is 0.0524 e.